The van der Waals surface area contributed by atoms with Gasteiger partial charge in [-0.2, -0.15) is 0 Å². The first-order valence-electron chi connectivity index (χ1n) is 5.48. The highest BCUT2D eigenvalue weighted by Gasteiger charge is 2.18. The van der Waals surface area contributed by atoms with Crippen molar-refractivity contribution in [3.05, 3.63) is 0 Å². The van der Waals surface area contributed by atoms with Gasteiger partial charge in [0.05, 0.1) is 12.7 Å². The van der Waals surface area contributed by atoms with E-state index in [9.17, 15) is 0 Å². The second-order valence-corrected chi connectivity index (χ2v) is 3.74. The van der Waals surface area contributed by atoms with Crippen molar-refractivity contribution in [2.24, 2.45) is 10.9 Å². The van der Waals surface area contributed by atoms with E-state index in [1.807, 2.05) is 6.92 Å². The van der Waals surface area contributed by atoms with Gasteiger partial charge in [-0.1, -0.05) is 12.1 Å². The minimum atomic E-state index is -0.305. The minimum Gasteiger partial charge on any atom is -0.409 e. The summed E-state index contributed by atoms with van der Waals surface area (Å²) in [6.07, 6.45) is 3.91. The first-order valence-corrected chi connectivity index (χ1v) is 5.48. The highest BCUT2D eigenvalue weighted by atomic mass is 16.5. The van der Waals surface area contributed by atoms with Gasteiger partial charge in [-0.3, -0.25) is 0 Å². The van der Waals surface area contributed by atoms with E-state index in [1.165, 1.54) is 6.42 Å². The third kappa shape index (κ3) is 4.05. The van der Waals surface area contributed by atoms with Crippen molar-refractivity contribution < 1.29 is 14.7 Å². The van der Waals surface area contributed by atoms with Crippen LogP contribution in [0.5, 0.6) is 0 Å². The standard InChI is InChI=1S/C10H20N2O3/c1-2-9(10(11)12-13)15-7-8-5-3-4-6-14-8/h8-9,13H,2-7H2,1H3,(H2,11,12). The molecule has 1 heterocycles. The maximum atomic E-state index is 8.52. The van der Waals surface area contributed by atoms with E-state index in [-0.39, 0.29) is 18.0 Å². The maximum absolute atomic E-state index is 8.52. The number of oxime groups is 1. The van der Waals surface area contributed by atoms with Gasteiger partial charge in [0, 0.05) is 6.61 Å². The van der Waals surface area contributed by atoms with Gasteiger partial charge < -0.3 is 20.4 Å². The summed E-state index contributed by atoms with van der Waals surface area (Å²) in [7, 11) is 0. The van der Waals surface area contributed by atoms with Crippen molar-refractivity contribution in [2.75, 3.05) is 13.2 Å². The van der Waals surface area contributed by atoms with Crippen LogP contribution in [0.3, 0.4) is 0 Å². The predicted octanol–water partition coefficient (Wildman–Crippen LogP) is 1.10. The molecule has 0 aromatic rings. The highest BCUT2D eigenvalue weighted by Crippen LogP contribution is 2.13. The van der Waals surface area contributed by atoms with Crippen LogP contribution in [-0.4, -0.2) is 36.5 Å². The first-order chi connectivity index (χ1) is 7.27. The van der Waals surface area contributed by atoms with Crippen molar-refractivity contribution >= 4 is 5.84 Å². The lowest BCUT2D eigenvalue weighted by Gasteiger charge is -2.24. The zero-order valence-corrected chi connectivity index (χ0v) is 9.19. The van der Waals surface area contributed by atoms with Crippen LogP contribution in [0.25, 0.3) is 0 Å². The monoisotopic (exact) mass is 216 g/mol. The Labute approximate surface area is 90.2 Å². The smallest absolute Gasteiger partial charge is 0.168 e. The fourth-order valence-corrected chi connectivity index (χ4v) is 1.64. The molecule has 0 bridgehead atoms. The van der Waals surface area contributed by atoms with Crippen LogP contribution in [0, 0.1) is 0 Å². The lowest BCUT2D eigenvalue weighted by molar-refractivity contribution is -0.0507. The SMILES string of the molecule is CCC(OCC1CCCCO1)C(N)=NO. The molecule has 1 aliphatic heterocycles. The molecule has 2 atom stereocenters. The van der Waals surface area contributed by atoms with Gasteiger partial charge in [-0.05, 0) is 25.7 Å². The predicted molar refractivity (Wildman–Crippen MR) is 57.0 cm³/mol. The molecule has 0 aliphatic carbocycles. The molecule has 0 spiro atoms. The second kappa shape index (κ2) is 6.63. The summed E-state index contributed by atoms with van der Waals surface area (Å²) in [5, 5.41) is 11.5. The van der Waals surface area contributed by atoms with E-state index in [2.05, 4.69) is 5.16 Å². The fraction of sp³-hybridized carbons (Fsp3) is 0.900. The molecule has 0 aromatic heterocycles. The van der Waals surface area contributed by atoms with Crippen LogP contribution in [-0.2, 0) is 9.47 Å². The molecule has 3 N–H and O–H groups in total. The van der Waals surface area contributed by atoms with Crippen LogP contribution in [0.4, 0.5) is 0 Å². The van der Waals surface area contributed by atoms with Crippen LogP contribution in [0.2, 0.25) is 0 Å². The van der Waals surface area contributed by atoms with Gasteiger partial charge in [0.2, 0.25) is 0 Å². The number of hydrogen-bond acceptors (Lipinski definition) is 4. The molecule has 88 valence electrons. The van der Waals surface area contributed by atoms with Crippen molar-refractivity contribution in [1.82, 2.24) is 0 Å². The Morgan fingerprint density at radius 2 is 2.47 bits per heavy atom. The Balaban J connectivity index is 2.26. The van der Waals surface area contributed by atoms with E-state index in [1.54, 1.807) is 0 Å². The molecule has 0 aromatic carbocycles. The van der Waals surface area contributed by atoms with E-state index in [4.69, 9.17) is 20.4 Å². The lowest BCUT2D eigenvalue weighted by atomic mass is 10.1. The summed E-state index contributed by atoms with van der Waals surface area (Å²) >= 11 is 0. The Hall–Kier alpha value is -0.810. The molecule has 1 rings (SSSR count). The maximum Gasteiger partial charge on any atom is 0.168 e. The number of ether oxygens (including phenoxy) is 2. The number of hydrogen-bond donors (Lipinski definition) is 2. The van der Waals surface area contributed by atoms with Crippen molar-refractivity contribution in [3.63, 3.8) is 0 Å². The van der Waals surface area contributed by atoms with Gasteiger partial charge in [0.25, 0.3) is 0 Å². The van der Waals surface area contributed by atoms with Crippen LogP contribution >= 0.6 is 0 Å². The number of amidine groups is 1. The van der Waals surface area contributed by atoms with Gasteiger partial charge in [-0.25, -0.2) is 0 Å². The van der Waals surface area contributed by atoms with Crippen LogP contribution < -0.4 is 5.73 Å². The normalized spacial score (nSPS) is 25.1. The summed E-state index contributed by atoms with van der Waals surface area (Å²) in [5.41, 5.74) is 5.48. The molecule has 2 unspecified atom stereocenters. The molecule has 1 fully saturated rings. The number of rotatable bonds is 5. The van der Waals surface area contributed by atoms with E-state index < -0.39 is 0 Å². The topological polar surface area (TPSA) is 77.1 Å². The van der Waals surface area contributed by atoms with Gasteiger partial charge in [0.15, 0.2) is 5.84 Å². The molecule has 5 heteroatoms. The third-order valence-corrected chi connectivity index (χ3v) is 2.57. The molecule has 1 aliphatic rings. The van der Waals surface area contributed by atoms with E-state index in [0.29, 0.717) is 13.0 Å². The Bertz CT molecular complexity index is 203. The Morgan fingerprint density at radius 3 is 3.00 bits per heavy atom. The molecular formula is C10H20N2O3. The van der Waals surface area contributed by atoms with Crippen molar-refractivity contribution in [3.8, 4) is 0 Å². The third-order valence-electron chi connectivity index (χ3n) is 2.57. The summed E-state index contributed by atoms with van der Waals surface area (Å²) in [6, 6.07) is 0. The molecule has 0 amide bonds. The summed E-state index contributed by atoms with van der Waals surface area (Å²) in [4.78, 5) is 0. The van der Waals surface area contributed by atoms with E-state index in [0.717, 1.165) is 19.4 Å². The zero-order valence-electron chi connectivity index (χ0n) is 9.19. The first kappa shape index (κ1) is 12.3. The molecule has 0 radical (unpaired) electrons. The average Bonchev–Trinajstić information content (AvgIpc) is 2.31. The average molecular weight is 216 g/mol. The van der Waals surface area contributed by atoms with Gasteiger partial charge in [0.1, 0.15) is 6.10 Å². The molecule has 0 saturated carbocycles. The van der Waals surface area contributed by atoms with Crippen LogP contribution in [0.15, 0.2) is 5.16 Å². The molecule has 5 nitrogen and oxygen atoms in total. The number of nitrogens with two attached hydrogens (primary N) is 1. The van der Waals surface area contributed by atoms with E-state index >= 15 is 0 Å². The summed E-state index contributed by atoms with van der Waals surface area (Å²) < 4.78 is 11.1. The molecule has 15 heavy (non-hydrogen) atoms. The summed E-state index contributed by atoms with van der Waals surface area (Å²) in [6.45, 7) is 3.27. The zero-order chi connectivity index (χ0) is 11.1. The van der Waals surface area contributed by atoms with Crippen molar-refractivity contribution in [1.29, 1.82) is 0 Å². The summed E-state index contributed by atoms with van der Waals surface area (Å²) in [5.74, 6) is 0.133. The highest BCUT2D eigenvalue weighted by molar-refractivity contribution is 5.84. The van der Waals surface area contributed by atoms with Crippen molar-refractivity contribution in [2.45, 2.75) is 44.8 Å². The Morgan fingerprint density at radius 1 is 1.67 bits per heavy atom. The van der Waals surface area contributed by atoms with Gasteiger partial charge in [-0.15, -0.1) is 0 Å². The Kier molecular flexibility index (Phi) is 5.42. The quantitative estimate of drug-likeness (QED) is 0.312. The fourth-order valence-electron chi connectivity index (χ4n) is 1.64. The van der Waals surface area contributed by atoms with Crippen LogP contribution in [0.1, 0.15) is 32.6 Å². The molecule has 1 saturated heterocycles. The number of nitrogens with zero attached hydrogens (tertiary/aromatic N) is 1. The minimum absolute atomic E-state index is 0.133. The largest absolute Gasteiger partial charge is 0.409 e. The van der Waals surface area contributed by atoms with Gasteiger partial charge >= 0.3 is 0 Å². The molecular weight excluding hydrogens is 196 g/mol. The lowest BCUT2D eigenvalue weighted by Crippen LogP contribution is -2.34. The second-order valence-electron chi connectivity index (χ2n) is 3.74.